The number of allylic oxidation sites excluding steroid dienone is 9. The minimum atomic E-state index is -4.60. The lowest BCUT2D eigenvalue weighted by atomic mass is 10.0. The SMILES string of the molecule is CC/C=C\C/C=C\C/C=C\C/C=C\CCCCCCCCCCCCC(=O)NC(COP(=O)([O-])OCC[N+](C)(C)C)C(O)/C=C/CCCCCCCCCCCCCCCCCCCCCCCCCCCC. The molecule has 0 spiro atoms. The van der Waals surface area contributed by atoms with E-state index in [1.165, 1.54) is 205 Å². The van der Waals surface area contributed by atoms with Crippen molar-refractivity contribution in [1.82, 2.24) is 5.32 Å². The van der Waals surface area contributed by atoms with Crippen molar-refractivity contribution >= 4 is 13.7 Å². The summed E-state index contributed by atoms with van der Waals surface area (Å²) in [6.45, 7) is 4.57. The molecular formula is C64H121N2O6P. The number of phosphoric acid groups is 1. The number of quaternary nitrogens is 1. The smallest absolute Gasteiger partial charge is 0.268 e. The van der Waals surface area contributed by atoms with Crippen molar-refractivity contribution in [1.29, 1.82) is 0 Å². The van der Waals surface area contributed by atoms with Crippen molar-refractivity contribution in [2.45, 2.75) is 302 Å². The number of carbonyl (C=O) groups is 1. The van der Waals surface area contributed by atoms with E-state index in [-0.39, 0.29) is 19.1 Å². The third-order valence-corrected chi connectivity index (χ3v) is 14.9. The highest BCUT2D eigenvalue weighted by Crippen LogP contribution is 2.38. The number of aliphatic hydroxyl groups is 1. The standard InChI is InChI=1S/C64H121N2O6P/c1-6-8-10-12-14-16-18-20-22-24-26-28-30-31-32-33-34-36-37-39-41-43-45-47-49-51-53-55-57-63(67)62(61-72-73(69,70)71-60-59-66(3,4)5)65-64(68)58-56-54-52-50-48-46-44-42-40-38-35-29-27-25-23-21-19-17-15-13-11-9-7-2/h9,11,15,17,21,23,27,29,55,57,62-63,67H,6-8,10,12-14,16,18-20,22,24-26,28,30-54,56,58-61H2,1-5H3,(H-,65,68,69,70)/b11-9-,17-15-,23-21-,29-27-,57-55+. The normalized spacial score (nSPS) is 14.2. The van der Waals surface area contributed by atoms with Crippen molar-refractivity contribution in [2.75, 3.05) is 40.9 Å². The zero-order valence-corrected chi connectivity index (χ0v) is 49.7. The molecule has 0 rings (SSSR count). The van der Waals surface area contributed by atoms with Crippen LogP contribution >= 0.6 is 7.82 Å². The molecule has 0 heterocycles. The van der Waals surface area contributed by atoms with Gasteiger partial charge in [-0.1, -0.05) is 286 Å². The van der Waals surface area contributed by atoms with Gasteiger partial charge in [0.2, 0.25) is 5.91 Å². The van der Waals surface area contributed by atoms with E-state index in [9.17, 15) is 19.4 Å². The molecule has 0 saturated heterocycles. The zero-order valence-electron chi connectivity index (χ0n) is 48.8. The van der Waals surface area contributed by atoms with Crippen LogP contribution in [0, 0.1) is 0 Å². The second-order valence-corrected chi connectivity index (χ2v) is 23.8. The summed E-state index contributed by atoms with van der Waals surface area (Å²) in [5.41, 5.74) is 0. The van der Waals surface area contributed by atoms with E-state index < -0.39 is 20.0 Å². The third kappa shape index (κ3) is 57.7. The molecule has 73 heavy (non-hydrogen) atoms. The van der Waals surface area contributed by atoms with Crippen LogP contribution in [0.2, 0.25) is 0 Å². The van der Waals surface area contributed by atoms with Crippen LogP contribution in [0.5, 0.6) is 0 Å². The second kappa shape index (κ2) is 55.0. The van der Waals surface area contributed by atoms with Crippen LogP contribution in [0.4, 0.5) is 0 Å². The first-order valence-corrected chi connectivity index (χ1v) is 32.6. The average molecular weight is 1050 g/mol. The van der Waals surface area contributed by atoms with Gasteiger partial charge in [-0.15, -0.1) is 0 Å². The molecule has 0 aliphatic carbocycles. The minimum Gasteiger partial charge on any atom is -0.756 e. The number of likely N-dealkylation sites (N-methyl/N-ethyl adjacent to an activating group) is 1. The van der Waals surface area contributed by atoms with E-state index in [1.54, 1.807) is 6.08 Å². The van der Waals surface area contributed by atoms with E-state index in [2.05, 4.69) is 67.8 Å². The maximum atomic E-state index is 13.0. The molecule has 0 aliphatic rings. The Kier molecular flexibility index (Phi) is 53.6. The number of aliphatic hydroxyl groups excluding tert-OH is 1. The Morgan fingerprint density at radius 3 is 1.22 bits per heavy atom. The van der Waals surface area contributed by atoms with Crippen LogP contribution in [0.15, 0.2) is 60.8 Å². The number of rotatable bonds is 57. The Bertz CT molecular complexity index is 1370. The predicted molar refractivity (Wildman–Crippen MR) is 316 cm³/mol. The number of carbonyl (C=O) groups excluding carboxylic acids is 1. The molecule has 3 unspecified atom stereocenters. The van der Waals surface area contributed by atoms with Crippen molar-refractivity contribution in [3.8, 4) is 0 Å². The molecule has 9 heteroatoms. The fourth-order valence-corrected chi connectivity index (χ4v) is 9.87. The molecule has 0 aromatic carbocycles. The van der Waals surface area contributed by atoms with Crippen LogP contribution in [-0.4, -0.2) is 68.5 Å². The van der Waals surface area contributed by atoms with Gasteiger partial charge in [-0.05, 0) is 57.8 Å². The molecule has 8 nitrogen and oxygen atoms in total. The Morgan fingerprint density at radius 2 is 0.836 bits per heavy atom. The van der Waals surface area contributed by atoms with Gasteiger partial charge in [-0.2, -0.15) is 0 Å². The largest absolute Gasteiger partial charge is 0.756 e. The van der Waals surface area contributed by atoms with E-state index in [1.807, 2.05) is 27.2 Å². The summed E-state index contributed by atoms with van der Waals surface area (Å²) in [5, 5.41) is 13.9. The number of unbranched alkanes of at least 4 members (excludes halogenated alkanes) is 36. The molecule has 0 aliphatic heterocycles. The van der Waals surface area contributed by atoms with Crippen molar-refractivity contribution in [2.24, 2.45) is 0 Å². The first-order valence-electron chi connectivity index (χ1n) is 31.2. The van der Waals surface area contributed by atoms with Crippen LogP contribution in [0.3, 0.4) is 0 Å². The Labute approximate surface area is 453 Å². The maximum absolute atomic E-state index is 13.0. The van der Waals surface area contributed by atoms with Gasteiger partial charge >= 0.3 is 0 Å². The fraction of sp³-hybridized carbons (Fsp3) is 0.828. The molecule has 0 saturated carbocycles. The van der Waals surface area contributed by atoms with Crippen molar-refractivity contribution < 1.29 is 32.9 Å². The van der Waals surface area contributed by atoms with Gasteiger partial charge in [-0.25, -0.2) is 0 Å². The number of nitrogens with zero attached hydrogens (tertiary/aromatic N) is 1. The Morgan fingerprint density at radius 1 is 0.493 bits per heavy atom. The summed E-state index contributed by atoms with van der Waals surface area (Å²) in [4.78, 5) is 25.6. The van der Waals surface area contributed by atoms with Gasteiger partial charge in [-0.3, -0.25) is 9.36 Å². The van der Waals surface area contributed by atoms with Gasteiger partial charge in [0.1, 0.15) is 13.2 Å². The summed E-state index contributed by atoms with van der Waals surface area (Å²) in [5.74, 6) is -0.201. The van der Waals surface area contributed by atoms with Crippen molar-refractivity contribution in [3.05, 3.63) is 60.8 Å². The summed E-state index contributed by atoms with van der Waals surface area (Å²) in [6.07, 6.45) is 74.5. The minimum absolute atomic E-state index is 0.00333. The second-order valence-electron chi connectivity index (χ2n) is 22.4. The molecule has 2 N–H and O–H groups in total. The zero-order chi connectivity index (χ0) is 53.5. The number of nitrogens with one attached hydrogen (secondary N) is 1. The Balaban J connectivity index is 4.16. The first kappa shape index (κ1) is 71.2. The summed E-state index contributed by atoms with van der Waals surface area (Å²) in [6, 6.07) is -0.893. The van der Waals surface area contributed by atoms with Crippen molar-refractivity contribution in [3.63, 3.8) is 0 Å². The number of phosphoric ester groups is 1. The number of amides is 1. The number of hydrogen-bond acceptors (Lipinski definition) is 6. The summed E-state index contributed by atoms with van der Waals surface area (Å²) in [7, 11) is 1.26. The molecule has 0 radical (unpaired) electrons. The molecular weight excluding hydrogens is 924 g/mol. The molecule has 428 valence electrons. The van der Waals surface area contributed by atoms with Crippen LogP contribution in [0.25, 0.3) is 0 Å². The van der Waals surface area contributed by atoms with Gasteiger partial charge < -0.3 is 28.8 Å². The fourth-order valence-electron chi connectivity index (χ4n) is 9.15. The molecule has 0 aromatic rings. The van der Waals surface area contributed by atoms with Gasteiger partial charge in [0.15, 0.2) is 0 Å². The molecule has 3 atom stereocenters. The monoisotopic (exact) mass is 1040 g/mol. The van der Waals surface area contributed by atoms with Crippen LogP contribution in [0.1, 0.15) is 290 Å². The lowest BCUT2D eigenvalue weighted by Gasteiger charge is -2.29. The molecule has 0 aromatic heterocycles. The molecule has 0 bridgehead atoms. The first-order chi connectivity index (χ1) is 35.5. The van der Waals surface area contributed by atoms with Crippen LogP contribution in [-0.2, 0) is 18.4 Å². The molecule has 0 fully saturated rings. The van der Waals surface area contributed by atoms with Gasteiger partial charge in [0.05, 0.1) is 39.9 Å². The quantitative estimate of drug-likeness (QED) is 0.0272. The molecule has 1 amide bonds. The lowest BCUT2D eigenvalue weighted by Crippen LogP contribution is -2.45. The number of hydrogen-bond donors (Lipinski definition) is 2. The maximum Gasteiger partial charge on any atom is 0.268 e. The van der Waals surface area contributed by atoms with Crippen LogP contribution < -0.4 is 10.2 Å². The van der Waals surface area contributed by atoms with E-state index in [4.69, 9.17) is 9.05 Å². The van der Waals surface area contributed by atoms with E-state index in [0.29, 0.717) is 17.4 Å². The van der Waals surface area contributed by atoms with Gasteiger partial charge in [0, 0.05) is 6.42 Å². The average Bonchev–Trinajstić information content (AvgIpc) is 3.35. The topological polar surface area (TPSA) is 108 Å². The predicted octanol–water partition coefficient (Wildman–Crippen LogP) is 18.6. The highest BCUT2D eigenvalue weighted by Gasteiger charge is 2.23. The summed E-state index contributed by atoms with van der Waals surface area (Å²) >= 11 is 0. The highest BCUT2D eigenvalue weighted by atomic mass is 31.2. The van der Waals surface area contributed by atoms with E-state index >= 15 is 0 Å². The lowest BCUT2D eigenvalue weighted by molar-refractivity contribution is -0.870. The highest BCUT2D eigenvalue weighted by molar-refractivity contribution is 7.45. The van der Waals surface area contributed by atoms with E-state index in [0.717, 1.165) is 64.2 Å². The Hall–Kier alpha value is -1.80. The summed E-state index contributed by atoms with van der Waals surface area (Å²) < 4.78 is 23.4. The van der Waals surface area contributed by atoms with Gasteiger partial charge in [0.25, 0.3) is 7.82 Å². The third-order valence-electron chi connectivity index (χ3n) is 14.0.